The standard InChI is InChI=1S/C17H24N2.CH2NO.In/c1-2-3-7-11-18-13-15-19(16-14-18)12-10-17-8-5-4-6-9-17;2-1-3;/h4-9H,1-3,10,12-16H2;(H2,2,3);. The van der Waals surface area contributed by atoms with E-state index in [0.717, 1.165) is 49.7 Å². The fourth-order valence-electron chi connectivity index (χ4n) is 3.66. The first kappa shape index (κ1) is 16.9. The SMILES string of the molecule is N[C](=O)[In]1[CH2]CCC=[C]1N1CCN(CCc2ccccc2)CC1. The summed E-state index contributed by atoms with van der Waals surface area (Å²) in [6, 6.07) is 10.7. The van der Waals surface area contributed by atoms with Crippen LogP contribution in [0.2, 0.25) is 4.18 Å². The van der Waals surface area contributed by atoms with Gasteiger partial charge in [-0.2, -0.15) is 0 Å². The molecule has 1 fully saturated rings. The molecule has 0 radical (unpaired) electrons. The Morgan fingerprint density at radius 2 is 1.87 bits per heavy atom. The van der Waals surface area contributed by atoms with Gasteiger partial charge in [0.15, 0.2) is 0 Å². The molecule has 2 N–H and O–H groups in total. The van der Waals surface area contributed by atoms with E-state index in [2.05, 4.69) is 46.2 Å². The van der Waals surface area contributed by atoms with E-state index in [9.17, 15) is 4.79 Å². The van der Waals surface area contributed by atoms with Crippen molar-refractivity contribution < 1.29 is 4.79 Å². The second-order valence-corrected chi connectivity index (χ2v) is 14.7. The van der Waals surface area contributed by atoms with Gasteiger partial charge in [-0.1, -0.05) is 0 Å². The van der Waals surface area contributed by atoms with Crippen LogP contribution in [0.3, 0.4) is 0 Å². The first-order valence-corrected chi connectivity index (χ1v) is 14.4. The number of amides is 1. The Hall–Kier alpha value is -0.940. The molecule has 23 heavy (non-hydrogen) atoms. The summed E-state index contributed by atoms with van der Waals surface area (Å²) >= 11 is -2.33. The van der Waals surface area contributed by atoms with Gasteiger partial charge in [0, 0.05) is 0 Å². The number of nitrogens with two attached hydrogens (primary N) is 1. The molecule has 0 aliphatic carbocycles. The van der Waals surface area contributed by atoms with Crippen molar-refractivity contribution >= 4 is 25.1 Å². The summed E-state index contributed by atoms with van der Waals surface area (Å²) < 4.78 is 2.56. The van der Waals surface area contributed by atoms with Crippen LogP contribution in [0, 0.1) is 0 Å². The van der Waals surface area contributed by atoms with Crippen molar-refractivity contribution in [1.82, 2.24) is 9.80 Å². The Balaban J connectivity index is 1.50. The van der Waals surface area contributed by atoms with Crippen LogP contribution >= 0.6 is 0 Å². The first-order valence-electron chi connectivity index (χ1n) is 8.74. The summed E-state index contributed by atoms with van der Waals surface area (Å²) in [6.45, 7) is 5.44. The van der Waals surface area contributed by atoms with E-state index in [0.29, 0.717) is 0 Å². The fraction of sp³-hybridized carbons (Fsp3) is 0.500. The van der Waals surface area contributed by atoms with E-state index >= 15 is 0 Å². The molecule has 0 unspecified atom stereocenters. The number of rotatable bonds is 5. The van der Waals surface area contributed by atoms with Crippen molar-refractivity contribution in [2.75, 3.05) is 32.7 Å². The van der Waals surface area contributed by atoms with Crippen LogP contribution in [0.4, 0.5) is 4.79 Å². The summed E-state index contributed by atoms with van der Waals surface area (Å²) in [5.41, 5.74) is 7.09. The van der Waals surface area contributed by atoms with E-state index in [-0.39, 0.29) is 3.66 Å². The second-order valence-electron chi connectivity index (χ2n) is 6.58. The van der Waals surface area contributed by atoms with Gasteiger partial charge < -0.3 is 0 Å². The minimum absolute atomic E-state index is 0.0456. The second kappa shape index (κ2) is 8.25. The van der Waals surface area contributed by atoms with Crippen molar-refractivity contribution in [2.24, 2.45) is 5.73 Å². The van der Waals surface area contributed by atoms with Crippen LogP contribution in [0.25, 0.3) is 0 Å². The summed E-state index contributed by atoms with van der Waals surface area (Å²) in [5.74, 6) is 0. The average Bonchev–Trinajstić information content (AvgIpc) is 2.61. The third-order valence-corrected chi connectivity index (χ3v) is 13.6. The molecule has 0 saturated carbocycles. The molecule has 1 saturated heterocycles. The number of carbonyl (C=O) groups excluding carboxylic acids is 1. The Labute approximate surface area is 146 Å². The molecule has 2 aliphatic rings. The molecule has 5 heteroatoms. The van der Waals surface area contributed by atoms with E-state index in [1.165, 1.54) is 15.4 Å². The minimum atomic E-state index is -2.33. The maximum atomic E-state index is 11.8. The van der Waals surface area contributed by atoms with Crippen LogP contribution in [0.1, 0.15) is 18.4 Å². The van der Waals surface area contributed by atoms with E-state index < -0.39 is 21.4 Å². The maximum absolute atomic E-state index is 11.8. The van der Waals surface area contributed by atoms with Gasteiger partial charge in [-0.15, -0.1) is 0 Å². The summed E-state index contributed by atoms with van der Waals surface area (Å²) in [5, 5.41) is 0. The van der Waals surface area contributed by atoms with E-state index in [4.69, 9.17) is 5.73 Å². The fourth-order valence-corrected chi connectivity index (χ4v) is 11.3. The molecule has 2 heterocycles. The normalized spacial score (nSPS) is 19.6. The molecule has 1 aromatic carbocycles. The molecule has 4 nitrogen and oxygen atoms in total. The van der Waals surface area contributed by atoms with Gasteiger partial charge in [0.05, 0.1) is 0 Å². The van der Waals surface area contributed by atoms with Crippen molar-refractivity contribution in [3.63, 3.8) is 0 Å². The van der Waals surface area contributed by atoms with Gasteiger partial charge >= 0.3 is 147 Å². The van der Waals surface area contributed by atoms with Crippen LogP contribution < -0.4 is 5.73 Å². The molecule has 0 aromatic heterocycles. The number of hydrogen-bond donors (Lipinski definition) is 1. The van der Waals surface area contributed by atoms with Crippen LogP contribution in [-0.4, -0.2) is 67.6 Å². The van der Waals surface area contributed by atoms with Crippen LogP contribution in [0.5, 0.6) is 0 Å². The number of piperazine rings is 1. The molecule has 0 atom stereocenters. The number of carbonyl (C=O) groups is 1. The molecule has 0 spiro atoms. The monoisotopic (exact) mass is 415 g/mol. The Morgan fingerprint density at radius 1 is 1.13 bits per heavy atom. The Morgan fingerprint density at radius 3 is 2.57 bits per heavy atom. The first-order chi connectivity index (χ1) is 11.2. The third-order valence-electron chi connectivity index (χ3n) is 5.05. The molecular formula is C18H26InN3O. The number of hydrogen-bond acceptors (Lipinski definition) is 3. The predicted octanol–water partition coefficient (Wildman–Crippen LogP) is 2.22. The van der Waals surface area contributed by atoms with Gasteiger partial charge in [0.1, 0.15) is 0 Å². The third kappa shape index (κ3) is 4.54. The molecule has 1 amide bonds. The topological polar surface area (TPSA) is 49.6 Å². The van der Waals surface area contributed by atoms with Gasteiger partial charge in [0.2, 0.25) is 0 Å². The molecule has 0 bridgehead atoms. The van der Waals surface area contributed by atoms with Gasteiger partial charge in [-0.25, -0.2) is 0 Å². The van der Waals surface area contributed by atoms with Gasteiger partial charge in [0.25, 0.3) is 0 Å². The van der Waals surface area contributed by atoms with Crippen molar-refractivity contribution in [3.05, 3.63) is 45.4 Å². The van der Waals surface area contributed by atoms with Crippen molar-refractivity contribution in [3.8, 4) is 0 Å². The summed E-state index contributed by atoms with van der Waals surface area (Å²) in [4.78, 5) is 16.8. The van der Waals surface area contributed by atoms with E-state index in [1.807, 2.05) is 0 Å². The zero-order valence-electron chi connectivity index (χ0n) is 13.8. The molecule has 1 aromatic rings. The number of allylic oxidation sites excluding steroid dienone is 1. The zero-order valence-corrected chi connectivity index (χ0v) is 17.1. The molecule has 3 rings (SSSR count). The Bertz CT molecular complexity index is 553. The quantitative estimate of drug-likeness (QED) is 0.803. The average molecular weight is 415 g/mol. The van der Waals surface area contributed by atoms with Crippen LogP contribution in [0.15, 0.2) is 39.9 Å². The molecule has 122 valence electrons. The van der Waals surface area contributed by atoms with Crippen molar-refractivity contribution in [1.29, 1.82) is 0 Å². The number of benzene rings is 1. The van der Waals surface area contributed by atoms with Crippen LogP contribution in [-0.2, 0) is 6.42 Å². The summed E-state index contributed by atoms with van der Waals surface area (Å²) in [7, 11) is 0. The number of nitrogens with zero attached hydrogens (tertiary/aromatic N) is 2. The number of primary amides is 1. The Kier molecular flexibility index (Phi) is 6.06. The predicted molar refractivity (Wildman–Crippen MR) is 95.6 cm³/mol. The van der Waals surface area contributed by atoms with E-state index in [1.54, 1.807) is 0 Å². The molecule has 2 aliphatic heterocycles. The van der Waals surface area contributed by atoms with Crippen molar-refractivity contribution in [2.45, 2.75) is 23.4 Å². The van der Waals surface area contributed by atoms with Gasteiger partial charge in [-0.05, 0) is 0 Å². The summed E-state index contributed by atoms with van der Waals surface area (Å²) in [6.07, 6.45) is 5.75. The zero-order chi connectivity index (χ0) is 16.1. The molecular weight excluding hydrogens is 389 g/mol. The van der Waals surface area contributed by atoms with Gasteiger partial charge in [-0.3, -0.25) is 0 Å².